The molecule has 1 amide bonds. The van der Waals surface area contributed by atoms with Gasteiger partial charge in [-0.3, -0.25) is 4.79 Å². The van der Waals surface area contributed by atoms with E-state index in [0.717, 1.165) is 31.2 Å². The van der Waals surface area contributed by atoms with Crippen molar-refractivity contribution in [2.45, 2.75) is 56.4 Å². The summed E-state index contributed by atoms with van der Waals surface area (Å²) in [5.74, 6) is 0.482. The van der Waals surface area contributed by atoms with Crippen molar-refractivity contribution in [3.63, 3.8) is 0 Å². The van der Waals surface area contributed by atoms with Gasteiger partial charge in [0.25, 0.3) is 0 Å². The zero-order valence-corrected chi connectivity index (χ0v) is 16.4. The van der Waals surface area contributed by atoms with E-state index in [-0.39, 0.29) is 23.7 Å². The van der Waals surface area contributed by atoms with Crippen LogP contribution in [0.2, 0.25) is 0 Å². The molecule has 5 nitrogen and oxygen atoms in total. The number of hydrogen-bond donors (Lipinski definition) is 2. The molecule has 2 N–H and O–H groups in total. The van der Waals surface area contributed by atoms with Gasteiger partial charge in [-0.2, -0.15) is 0 Å². The summed E-state index contributed by atoms with van der Waals surface area (Å²) < 4.78 is 13.6. The first kappa shape index (κ1) is 19.6. The van der Waals surface area contributed by atoms with E-state index >= 15 is 0 Å². The Morgan fingerprint density at radius 3 is 2.63 bits per heavy atom. The third-order valence-electron chi connectivity index (χ3n) is 5.70. The maximum atomic E-state index is 13.6. The smallest absolute Gasteiger partial charge is 0.243 e. The Balaban J connectivity index is 1.65. The van der Waals surface area contributed by atoms with Crippen LogP contribution in [-0.2, 0) is 10.2 Å². The van der Waals surface area contributed by atoms with Crippen molar-refractivity contribution in [3.05, 3.63) is 35.6 Å². The first-order valence-corrected chi connectivity index (χ1v) is 10.00. The summed E-state index contributed by atoms with van der Waals surface area (Å²) in [6.07, 6.45) is 8.10. The van der Waals surface area contributed by atoms with Gasteiger partial charge in [0.1, 0.15) is 12.4 Å². The molecule has 2 saturated carbocycles. The second-order valence-electron chi connectivity index (χ2n) is 8.08. The zero-order valence-electron chi connectivity index (χ0n) is 16.4. The van der Waals surface area contributed by atoms with Crippen LogP contribution in [0.25, 0.3) is 0 Å². The van der Waals surface area contributed by atoms with Crippen LogP contribution in [0.15, 0.2) is 29.3 Å². The van der Waals surface area contributed by atoms with Gasteiger partial charge in [0.05, 0.1) is 0 Å². The fourth-order valence-electron chi connectivity index (χ4n) is 3.67. The van der Waals surface area contributed by atoms with Gasteiger partial charge in [0.15, 0.2) is 5.96 Å². The van der Waals surface area contributed by atoms with E-state index in [4.69, 9.17) is 0 Å². The molecule has 0 saturated heterocycles. The molecule has 0 atom stereocenters. The molecular formula is C21H31FN4O. The first-order valence-electron chi connectivity index (χ1n) is 10.00. The summed E-state index contributed by atoms with van der Waals surface area (Å²) >= 11 is 0. The third kappa shape index (κ3) is 5.44. The van der Waals surface area contributed by atoms with Crippen molar-refractivity contribution in [1.29, 1.82) is 0 Å². The van der Waals surface area contributed by atoms with Gasteiger partial charge in [-0.15, -0.1) is 0 Å². The number of benzene rings is 1. The topological polar surface area (TPSA) is 56.7 Å². The lowest BCUT2D eigenvalue weighted by Gasteiger charge is -2.26. The monoisotopic (exact) mass is 374 g/mol. The average molecular weight is 375 g/mol. The molecule has 6 heteroatoms. The molecule has 0 aliphatic heterocycles. The second-order valence-corrected chi connectivity index (χ2v) is 8.08. The molecule has 2 aliphatic carbocycles. The highest BCUT2D eigenvalue weighted by molar-refractivity contribution is 5.85. The Morgan fingerprint density at radius 1 is 1.26 bits per heavy atom. The Labute approximate surface area is 161 Å². The van der Waals surface area contributed by atoms with Gasteiger partial charge in [-0.1, -0.05) is 31.4 Å². The van der Waals surface area contributed by atoms with E-state index in [0.29, 0.717) is 18.5 Å². The average Bonchev–Trinajstić information content (AvgIpc) is 3.45. The van der Waals surface area contributed by atoms with Gasteiger partial charge in [0.2, 0.25) is 5.91 Å². The lowest BCUT2D eigenvalue weighted by atomic mass is 9.95. The van der Waals surface area contributed by atoms with E-state index in [2.05, 4.69) is 15.6 Å². The van der Waals surface area contributed by atoms with Crippen molar-refractivity contribution >= 4 is 11.9 Å². The van der Waals surface area contributed by atoms with Crippen LogP contribution in [0.5, 0.6) is 0 Å². The molecule has 148 valence electrons. The number of hydrogen-bond acceptors (Lipinski definition) is 2. The summed E-state index contributed by atoms with van der Waals surface area (Å²) in [5, 5.41) is 6.94. The molecule has 0 spiro atoms. The van der Waals surface area contributed by atoms with Crippen LogP contribution >= 0.6 is 0 Å². The van der Waals surface area contributed by atoms with E-state index in [1.165, 1.54) is 25.3 Å². The minimum atomic E-state index is -0.190. The number of halogens is 1. The highest BCUT2D eigenvalue weighted by atomic mass is 19.1. The van der Waals surface area contributed by atoms with Gasteiger partial charge in [-0.25, -0.2) is 9.38 Å². The molecule has 2 aliphatic rings. The van der Waals surface area contributed by atoms with Crippen LogP contribution in [0, 0.1) is 5.82 Å². The number of carbonyl (C=O) groups is 1. The molecular weight excluding hydrogens is 343 g/mol. The molecule has 27 heavy (non-hydrogen) atoms. The second kappa shape index (κ2) is 8.72. The van der Waals surface area contributed by atoms with Crippen molar-refractivity contribution in [2.24, 2.45) is 4.99 Å². The van der Waals surface area contributed by atoms with Crippen molar-refractivity contribution < 1.29 is 9.18 Å². The van der Waals surface area contributed by atoms with Crippen molar-refractivity contribution in [1.82, 2.24) is 15.5 Å². The lowest BCUT2D eigenvalue weighted by Crippen LogP contribution is -2.47. The summed E-state index contributed by atoms with van der Waals surface area (Å²) in [4.78, 5) is 18.0. The Morgan fingerprint density at radius 2 is 2.00 bits per heavy atom. The first-order chi connectivity index (χ1) is 13.0. The number of likely N-dealkylation sites (N-methyl/N-ethyl adjacent to an activating group) is 1. The minimum absolute atomic E-state index is 0.0222. The number of amides is 1. The van der Waals surface area contributed by atoms with Crippen LogP contribution < -0.4 is 10.6 Å². The molecule has 1 aromatic rings. The van der Waals surface area contributed by atoms with Crippen molar-refractivity contribution in [2.75, 3.05) is 27.2 Å². The maximum Gasteiger partial charge on any atom is 0.243 e. The molecule has 0 unspecified atom stereocenters. The van der Waals surface area contributed by atoms with Crippen LogP contribution in [0.4, 0.5) is 4.39 Å². The minimum Gasteiger partial charge on any atom is -0.355 e. The summed E-state index contributed by atoms with van der Waals surface area (Å²) in [6, 6.07) is 7.30. The van der Waals surface area contributed by atoms with Gasteiger partial charge in [0, 0.05) is 32.1 Å². The highest BCUT2D eigenvalue weighted by Crippen LogP contribution is 2.47. The molecule has 1 aromatic carbocycles. The predicted molar refractivity (Wildman–Crippen MR) is 106 cm³/mol. The molecule has 3 rings (SSSR count). The number of guanidine groups is 1. The van der Waals surface area contributed by atoms with Crippen molar-refractivity contribution in [3.8, 4) is 0 Å². The van der Waals surface area contributed by atoms with E-state index in [9.17, 15) is 9.18 Å². The van der Waals surface area contributed by atoms with E-state index in [1.54, 1.807) is 31.1 Å². The number of carbonyl (C=O) groups excluding carboxylic acids is 1. The fraction of sp³-hybridized carbons (Fsp3) is 0.619. The highest BCUT2D eigenvalue weighted by Gasteiger charge is 2.44. The van der Waals surface area contributed by atoms with Crippen LogP contribution in [0.1, 0.15) is 50.5 Å². The molecule has 2 fully saturated rings. The normalized spacial score (nSPS) is 19.4. The SMILES string of the molecule is CN(C)C(=O)CN=C(NCC1(c2cccc(F)c2)CC1)NC1CCCCC1. The molecule has 0 aromatic heterocycles. The molecule has 0 heterocycles. The number of nitrogens with zero attached hydrogens (tertiary/aromatic N) is 2. The number of rotatable bonds is 6. The van der Waals surface area contributed by atoms with E-state index in [1.807, 2.05) is 6.07 Å². The van der Waals surface area contributed by atoms with Gasteiger partial charge in [-0.05, 0) is 43.4 Å². The summed E-state index contributed by atoms with van der Waals surface area (Å²) in [5.41, 5.74) is 1.01. The van der Waals surface area contributed by atoms with Crippen LogP contribution in [-0.4, -0.2) is 50.0 Å². The lowest BCUT2D eigenvalue weighted by molar-refractivity contribution is -0.127. The quantitative estimate of drug-likeness (QED) is 0.595. The summed E-state index contributed by atoms with van der Waals surface area (Å²) in [7, 11) is 3.48. The third-order valence-corrected chi connectivity index (χ3v) is 5.70. The fourth-order valence-corrected chi connectivity index (χ4v) is 3.67. The van der Waals surface area contributed by atoms with Crippen LogP contribution in [0.3, 0.4) is 0 Å². The van der Waals surface area contributed by atoms with Gasteiger partial charge < -0.3 is 15.5 Å². The Bertz CT molecular complexity index is 679. The van der Waals surface area contributed by atoms with Gasteiger partial charge >= 0.3 is 0 Å². The predicted octanol–water partition coefficient (Wildman–Crippen LogP) is 2.81. The van der Waals surface area contributed by atoms with E-state index < -0.39 is 0 Å². The maximum absolute atomic E-state index is 13.6. The Kier molecular flexibility index (Phi) is 6.34. The number of aliphatic imine (C=N–C) groups is 1. The Hall–Kier alpha value is -2.11. The zero-order chi connectivity index (χ0) is 19.3. The largest absolute Gasteiger partial charge is 0.355 e. The molecule has 0 bridgehead atoms. The number of nitrogens with one attached hydrogen (secondary N) is 2. The standard InChI is InChI=1S/C21H31FN4O/c1-26(2)19(27)14-23-20(25-18-9-4-3-5-10-18)24-15-21(11-12-21)16-7-6-8-17(22)13-16/h6-8,13,18H,3-5,9-12,14-15H2,1-2H3,(H2,23,24,25). The molecule has 0 radical (unpaired) electrons. The summed E-state index contributed by atoms with van der Waals surface area (Å²) in [6.45, 7) is 0.827.